The third-order valence-corrected chi connectivity index (χ3v) is 5.40. The minimum absolute atomic E-state index is 0.331. The van der Waals surface area contributed by atoms with E-state index in [4.69, 9.17) is 4.42 Å². The van der Waals surface area contributed by atoms with Gasteiger partial charge >= 0.3 is 0 Å². The van der Waals surface area contributed by atoms with Crippen LogP contribution >= 0.6 is 0 Å². The Morgan fingerprint density at radius 2 is 2.00 bits per heavy atom. The zero-order valence-electron chi connectivity index (χ0n) is 13.7. The molecule has 112 valence electrons. The van der Waals surface area contributed by atoms with Crippen LogP contribution in [0.5, 0.6) is 0 Å². The third-order valence-electron chi connectivity index (χ3n) is 5.40. The van der Waals surface area contributed by atoms with Gasteiger partial charge in [-0.25, -0.2) is 0 Å². The first-order valence-electron chi connectivity index (χ1n) is 8.12. The fourth-order valence-electron chi connectivity index (χ4n) is 4.21. The zero-order chi connectivity index (χ0) is 14.5. The molecule has 1 fully saturated rings. The van der Waals surface area contributed by atoms with Crippen molar-refractivity contribution in [1.82, 2.24) is 5.32 Å². The van der Waals surface area contributed by atoms with Gasteiger partial charge in [0.15, 0.2) is 0 Å². The van der Waals surface area contributed by atoms with Crippen LogP contribution in [0.3, 0.4) is 0 Å². The van der Waals surface area contributed by atoms with Crippen LogP contribution in [0.15, 0.2) is 10.5 Å². The largest absolute Gasteiger partial charge is 0.466 e. The molecule has 3 rings (SSSR count). The third kappa shape index (κ3) is 2.55. The highest BCUT2D eigenvalue weighted by atomic mass is 16.3. The van der Waals surface area contributed by atoms with Gasteiger partial charge in [-0.15, -0.1) is 0 Å². The van der Waals surface area contributed by atoms with Gasteiger partial charge in [0.2, 0.25) is 0 Å². The van der Waals surface area contributed by atoms with Crippen molar-refractivity contribution in [3.8, 4) is 0 Å². The number of nitrogens with one attached hydrogen (secondary N) is 1. The first kappa shape index (κ1) is 14.2. The standard InChI is InChI=1S/C18H29NO/c1-12-9-13-14(10-17(2,3)11-15(13)20-12)19-16-7-6-8-18(16,4)5/h9,14,16,19H,6-8,10-11H2,1-5H3. The maximum atomic E-state index is 5.95. The molecule has 1 aromatic rings. The molecule has 2 unspecified atom stereocenters. The van der Waals surface area contributed by atoms with E-state index < -0.39 is 0 Å². The van der Waals surface area contributed by atoms with E-state index in [-0.39, 0.29) is 0 Å². The lowest BCUT2D eigenvalue weighted by Crippen LogP contribution is -2.43. The molecule has 20 heavy (non-hydrogen) atoms. The Labute approximate surface area is 123 Å². The summed E-state index contributed by atoms with van der Waals surface area (Å²) in [7, 11) is 0. The molecule has 0 aliphatic heterocycles. The van der Waals surface area contributed by atoms with Gasteiger partial charge in [0.1, 0.15) is 11.5 Å². The van der Waals surface area contributed by atoms with E-state index in [0.717, 1.165) is 12.2 Å². The van der Waals surface area contributed by atoms with Gasteiger partial charge in [-0.1, -0.05) is 34.1 Å². The molecule has 1 saturated carbocycles. The van der Waals surface area contributed by atoms with Crippen LogP contribution in [0.2, 0.25) is 0 Å². The molecule has 2 heteroatoms. The van der Waals surface area contributed by atoms with Crippen LogP contribution < -0.4 is 5.32 Å². The molecule has 1 heterocycles. The predicted molar refractivity (Wildman–Crippen MR) is 82.8 cm³/mol. The average Bonchev–Trinajstić information content (AvgIpc) is 2.80. The summed E-state index contributed by atoms with van der Waals surface area (Å²) in [5, 5.41) is 3.97. The molecule has 2 nitrogen and oxygen atoms in total. The molecule has 2 aliphatic rings. The second-order valence-corrected chi connectivity index (χ2v) is 8.43. The zero-order valence-corrected chi connectivity index (χ0v) is 13.7. The number of hydrogen-bond acceptors (Lipinski definition) is 2. The Hall–Kier alpha value is -0.760. The summed E-state index contributed by atoms with van der Waals surface area (Å²) in [6, 6.07) is 3.36. The van der Waals surface area contributed by atoms with Gasteiger partial charge in [-0.05, 0) is 43.1 Å². The average molecular weight is 275 g/mol. The highest BCUT2D eigenvalue weighted by Crippen LogP contribution is 2.45. The van der Waals surface area contributed by atoms with Gasteiger partial charge in [-0.2, -0.15) is 0 Å². The fraction of sp³-hybridized carbons (Fsp3) is 0.778. The van der Waals surface area contributed by atoms with Gasteiger partial charge < -0.3 is 9.73 Å². The Balaban J connectivity index is 1.85. The Bertz CT molecular complexity index is 498. The van der Waals surface area contributed by atoms with Crippen LogP contribution in [-0.4, -0.2) is 6.04 Å². The summed E-state index contributed by atoms with van der Waals surface area (Å²) in [6.07, 6.45) is 6.31. The highest BCUT2D eigenvalue weighted by molar-refractivity contribution is 5.29. The van der Waals surface area contributed by atoms with E-state index in [1.165, 1.54) is 37.0 Å². The van der Waals surface area contributed by atoms with Crippen molar-refractivity contribution in [3.05, 3.63) is 23.2 Å². The summed E-state index contributed by atoms with van der Waals surface area (Å²) in [6.45, 7) is 11.6. The number of fused-ring (bicyclic) bond motifs is 1. The molecule has 1 aromatic heterocycles. The topological polar surface area (TPSA) is 25.2 Å². The normalized spacial score (nSPS) is 31.2. The second-order valence-electron chi connectivity index (χ2n) is 8.43. The molecule has 0 amide bonds. The monoisotopic (exact) mass is 275 g/mol. The molecule has 1 N–H and O–H groups in total. The lowest BCUT2D eigenvalue weighted by molar-refractivity contribution is 0.193. The maximum absolute atomic E-state index is 5.95. The number of furan rings is 1. The summed E-state index contributed by atoms with van der Waals surface area (Å²) in [5.74, 6) is 2.28. The van der Waals surface area contributed by atoms with Gasteiger partial charge in [-0.3, -0.25) is 0 Å². The number of rotatable bonds is 2. The molecule has 2 atom stereocenters. The highest BCUT2D eigenvalue weighted by Gasteiger charge is 2.40. The lowest BCUT2D eigenvalue weighted by Gasteiger charge is -2.39. The van der Waals surface area contributed by atoms with Crippen LogP contribution in [0.25, 0.3) is 0 Å². The van der Waals surface area contributed by atoms with E-state index in [9.17, 15) is 0 Å². The first-order valence-corrected chi connectivity index (χ1v) is 8.12. The molecular weight excluding hydrogens is 246 g/mol. The van der Waals surface area contributed by atoms with Crippen molar-refractivity contribution in [2.45, 2.75) is 78.8 Å². The van der Waals surface area contributed by atoms with E-state index >= 15 is 0 Å². The van der Waals surface area contributed by atoms with Gasteiger partial charge in [0.25, 0.3) is 0 Å². The van der Waals surface area contributed by atoms with Crippen LogP contribution in [0, 0.1) is 17.8 Å². The van der Waals surface area contributed by atoms with Crippen molar-refractivity contribution in [3.63, 3.8) is 0 Å². The van der Waals surface area contributed by atoms with Gasteiger partial charge in [0.05, 0.1) is 0 Å². The molecule has 0 spiro atoms. The predicted octanol–water partition coefficient (Wildman–Crippen LogP) is 4.77. The van der Waals surface area contributed by atoms with E-state index in [1.807, 2.05) is 0 Å². The summed E-state index contributed by atoms with van der Waals surface area (Å²) in [5.41, 5.74) is 2.18. The Morgan fingerprint density at radius 3 is 2.65 bits per heavy atom. The van der Waals surface area contributed by atoms with E-state index in [1.54, 1.807) is 0 Å². The van der Waals surface area contributed by atoms with Crippen molar-refractivity contribution >= 4 is 0 Å². The maximum Gasteiger partial charge on any atom is 0.109 e. The lowest BCUT2D eigenvalue weighted by atomic mass is 9.74. The smallest absolute Gasteiger partial charge is 0.109 e. The summed E-state index contributed by atoms with van der Waals surface area (Å²) in [4.78, 5) is 0. The van der Waals surface area contributed by atoms with E-state index in [2.05, 4.69) is 46.0 Å². The van der Waals surface area contributed by atoms with E-state index in [0.29, 0.717) is 22.9 Å². The minimum Gasteiger partial charge on any atom is -0.466 e. The van der Waals surface area contributed by atoms with Crippen molar-refractivity contribution < 1.29 is 4.42 Å². The Kier molecular flexibility index (Phi) is 3.28. The number of hydrogen-bond donors (Lipinski definition) is 1. The first-order chi connectivity index (χ1) is 9.27. The van der Waals surface area contributed by atoms with Crippen molar-refractivity contribution in [2.24, 2.45) is 10.8 Å². The summed E-state index contributed by atoms with van der Waals surface area (Å²) < 4.78 is 5.95. The van der Waals surface area contributed by atoms with Crippen molar-refractivity contribution in [1.29, 1.82) is 0 Å². The second kappa shape index (κ2) is 4.62. The fourth-order valence-corrected chi connectivity index (χ4v) is 4.21. The molecular formula is C18H29NO. The van der Waals surface area contributed by atoms with Gasteiger partial charge in [0, 0.05) is 24.1 Å². The SMILES string of the molecule is Cc1cc2c(o1)CC(C)(C)CC2NC1CCCC1(C)C. The Morgan fingerprint density at radius 1 is 1.25 bits per heavy atom. The molecule has 0 radical (unpaired) electrons. The molecule has 0 aromatic carbocycles. The van der Waals surface area contributed by atoms with Crippen LogP contribution in [0.4, 0.5) is 0 Å². The molecule has 2 aliphatic carbocycles. The quantitative estimate of drug-likeness (QED) is 0.841. The molecule has 0 saturated heterocycles. The van der Waals surface area contributed by atoms with Crippen LogP contribution in [0.1, 0.15) is 76.5 Å². The summed E-state index contributed by atoms with van der Waals surface area (Å²) >= 11 is 0. The van der Waals surface area contributed by atoms with Crippen molar-refractivity contribution in [2.75, 3.05) is 0 Å². The number of aryl methyl sites for hydroxylation is 1. The van der Waals surface area contributed by atoms with Crippen LogP contribution in [-0.2, 0) is 6.42 Å². The minimum atomic E-state index is 0.331. The molecule has 0 bridgehead atoms.